The fourth-order valence-corrected chi connectivity index (χ4v) is 2.10. The first-order valence-electron chi connectivity index (χ1n) is 6.49. The van der Waals surface area contributed by atoms with Crippen molar-refractivity contribution in [2.45, 2.75) is 39.3 Å². The van der Waals surface area contributed by atoms with E-state index in [0.29, 0.717) is 0 Å². The maximum Gasteiger partial charge on any atom is 0.0488 e. The van der Waals surface area contributed by atoms with Gasteiger partial charge in [0.15, 0.2) is 0 Å². The minimum absolute atomic E-state index is 0.245. The van der Waals surface area contributed by atoms with Crippen molar-refractivity contribution in [3.05, 3.63) is 53.6 Å². The normalized spacial score (nSPS) is 12.6. The standard InChI is InChI=1S/C15H21N3/c1-3-14(16)8-15-5-4-6-18(15)11-13-7-12(2)9-17-10-13/h4-7,9-10,14H,3,8,11,16H2,1-2H3. The molecule has 2 aromatic rings. The molecular weight excluding hydrogens is 222 g/mol. The highest BCUT2D eigenvalue weighted by atomic mass is 15.0. The smallest absolute Gasteiger partial charge is 0.0488 e. The Bertz CT molecular complexity index is 502. The molecule has 0 aliphatic rings. The minimum atomic E-state index is 0.245. The molecule has 0 amide bonds. The zero-order valence-electron chi connectivity index (χ0n) is 11.1. The number of aryl methyl sites for hydroxylation is 1. The Morgan fingerprint density at radius 3 is 2.94 bits per heavy atom. The molecule has 0 saturated heterocycles. The molecule has 2 rings (SSSR count). The molecule has 2 heterocycles. The van der Waals surface area contributed by atoms with Crippen LogP contribution in [-0.4, -0.2) is 15.6 Å². The Morgan fingerprint density at radius 1 is 1.39 bits per heavy atom. The Labute approximate surface area is 109 Å². The van der Waals surface area contributed by atoms with Gasteiger partial charge in [0.05, 0.1) is 0 Å². The molecule has 0 fully saturated rings. The number of pyridine rings is 1. The van der Waals surface area contributed by atoms with E-state index in [0.717, 1.165) is 19.4 Å². The van der Waals surface area contributed by atoms with Crippen LogP contribution in [0.1, 0.15) is 30.2 Å². The minimum Gasteiger partial charge on any atom is -0.347 e. The zero-order chi connectivity index (χ0) is 13.0. The van der Waals surface area contributed by atoms with Crippen LogP contribution in [0, 0.1) is 6.92 Å². The number of hydrogen-bond donors (Lipinski definition) is 1. The largest absolute Gasteiger partial charge is 0.347 e. The van der Waals surface area contributed by atoms with Crippen LogP contribution in [0.15, 0.2) is 36.8 Å². The van der Waals surface area contributed by atoms with E-state index in [1.54, 1.807) is 0 Å². The zero-order valence-corrected chi connectivity index (χ0v) is 11.1. The molecule has 96 valence electrons. The van der Waals surface area contributed by atoms with Gasteiger partial charge in [-0.3, -0.25) is 4.98 Å². The second-order valence-electron chi connectivity index (χ2n) is 4.87. The van der Waals surface area contributed by atoms with Gasteiger partial charge >= 0.3 is 0 Å². The summed E-state index contributed by atoms with van der Waals surface area (Å²) in [5.74, 6) is 0. The summed E-state index contributed by atoms with van der Waals surface area (Å²) in [5.41, 5.74) is 9.76. The van der Waals surface area contributed by atoms with Crippen molar-refractivity contribution in [3.63, 3.8) is 0 Å². The van der Waals surface area contributed by atoms with Crippen LogP contribution in [0.3, 0.4) is 0 Å². The molecule has 3 heteroatoms. The summed E-state index contributed by atoms with van der Waals surface area (Å²) in [5, 5.41) is 0. The number of rotatable bonds is 5. The summed E-state index contributed by atoms with van der Waals surface area (Å²) in [6.45, 7) is 5.07. The molecule has 0 aromatic carbocycles. The van der Waals surface area contributed by atoms with Crippen molar-refractivity contribution < 1.29 is 0 Å². The van der Waals surface area contributed by atoms with Crippen LogP contribution < -0.4 is 5.73 Å². The van der Waals surface area contributed by atoms with E-state index in [1.165, 1.54) is 16.8 Å². The second kappa shape index (κ2) is 5.83. The lowest BCUT2D eigenvalue weighted by Gasteiger charge is -2.13. The van der Waals surface area contributed by atoms with Crippen molar-refractivity contribution in [2.75, 3.05) is 0 Å². The van der Waals surface area contributed by atoms with Gasteiger partial charge in [-0.2, -0.15) is 0 Å². The Morgan fingerprint density at radius 2 is 2.22 bits per heavy atom. The number of nitrogens with two attached hydrogens (primary N) is 1. The van der Waals surface area contributed by atoms with Crippen LogP contribution in [-0.2, 0) is 13.0 Å². The van der Waals surface area contributed by atoms with Crippen molar-refractivity contribution >= 4 is 0 Å². The van der Waals surface area contributed by atoms with E-state index >= 15 is 0 Å². The van der Waals surface area contributed by atoms with Crippen molar-refractivity contribution in [2.24, 2.45) is 5.73 Å². The third-order valence-electron chi connectivity index (χ3n) is 3.20. The van der Waals surface area contributed by atoms with Crippen LogP contribution in [0.25, 0.3) is 0 Å². The second-order valence-corrected chi connectivity index (χ2v) is 4.87. The predicted octanol–water partition coefficient (Wildman–Crippen LogP) is 2.52. The van der Waals surface area contributed by atoms with Crippen LogP contribution in [0.5, 0.6) is 0 Å². The summed E-state index contributed by atoms with van der Waals surface area (Å²) in [6.07, 6.45) is 7.86. The fraction of sp³-hybridized carbons (Fsp3) is 0.400. The highest BCUT2D eigenvalue weighted by molar-refractivity contribution is 5.19. The van der Waals surface area contributed by atoms with E-state index in [9.17, 15) is 0 Å². The van der Waals surface area contributed by atoms with Crippen molar-refractivity contribution in [1.82, 2.24) is 9.55 Å². The molecule has 1 atom stereocenters. The monoisotopic (exact) mass is 243 g/mol. The topological polar surface area (TPSA) is 43.8 Å². The quantitative estimate of drug-likeness (QED) is 0.877. The number of hydrogen-bond acceptors (Lipinski definition) is 2. The SMILES string of the molecule is CCC(N)Cc1cccn1Cc1cncc(C)c1. The van der Waals surface area contributed by atoms with Gasteiger partial charge < -0.3 is 10.3 Å². The maximum absolute atomic E-state index is 6.02. The lowest BCUT2D eigenvalue weighted by atomic mass is 10.1. The summed E-state index contributed by atoms with van der Waals surface area (Å²) in [4.78, 5) is 4.23. The highest BCUT2D eigenvalue weighted by Gasteiger charge is 2.06. The molecule has 2 aromatic heterocycles. The van der Waals surface area contributed by atoms with Gasteiger partial charge in [0, 0.05) is 43.3 Å². The molecule has 3 nitrogen and oxygen atoms in total. The average molecular weight is 243 g/mol. The molecule has 0 aliphatic carbocycles. The maximum atomic E-state index is 6.02. The fourth-order valence-electron chi connectivity index (χ4n) is 2.10. The van der Waals surface area contributed by atoms with Crippen molar-refractivity contribution in [3.8, 4) is 0 Å². The molecule has 18 heavy (non-hydrogen) atoms. The predicted molar refractivity (Wildman–Crippen MR) is 74.5 cm³/mol. The van der Waals surface area contributed by atoms with E-state index in [2.05, 4.69) is 47.8 Å². The molecular formula is C15H21N3. The van der Waals surface area contributed by atoms with Gasteiger partial charge in [0.2, 0.25) is 0 Å². The lowest BCUT2D eigenvalue weighted by Crippen LogP contribution is -2.23. The molecule has 0 saturated carbocycles. The summed E-state index contributed by atoms with van der Waals surface area (Å²) in [6, 6.07) is 6.66. The highest BCUT2D eigenvalue weighted by Crippen LogP contribution is 2.10. The summed E-state index contributed by atoms with van der Waals surface area (Å²) >= 11 is 0. The van der Waals surface area contributed by atoms with Crippen LogP contribution in [0.2, 0.25) is 0 Å². The first-order valence-corrected chi connectivity index (χ1v) is 6.49. The Balaban J connectivity index is 2.12. The first kappa shape index (κ1) is 12.8. The van der Waals surface area contributed by atoms with Gasteiger partial charge in [0.25, 0.3) is 0 Å². The Kier molecular flexibility index (Phi) is 4.15. The molecule has 2 N–H and O–H groups in total. The first-order chi connectivity index (χ1) is 8.69. The molecule has 0 radical (unpaired) electrons. The third-order valence-corrected chi connectivity index (χ3v) is 3.20. The van der Waals surface area contributed by atoms with Crippen molar-refractivity contribution in [1.29, 1.82) is 0 Å². The molecule has 0 aliphatic heterocycles. The van der Waals surface area contributed by atoms with E-state index < -0.39 is 0 Å². The third kappa shape index (κ3) is 3.20. The van der Waals surface area contributed by atoms with Gasteiger partial charge in [-0.25, -0.2) is 0 Å². The van der Waals surface area contributed by atoms with E-state index in [1.807, 2.05) is 12.4 Å². The summed E-state index contributed by atoms with van der Waals surface area (Å²) < 4.78 is 2.26. The van der Waals surface area contributed by atoms with Crippen LogP contribution >= 0.6 is 0 Å². The summed E-state index contributed by atoms with van der Waals surface area (Å²) in [7, 11) is 0. The molecule has 0 bridgehead atoms. The average Bonchev–Trinajstić information content (AvgIpc) is 2.76. The number of aromatic nitrogens is 2. The van der Waals surface area contributed by atoms with E-state index in [4.69, 9.17) is 5.73 Å². The van der Waals surface area contributed by atoms with Gasteiger partial charge in [0.1, 0.15) is 0 Å². The molecule has 0 spiro atoms. The van der Waals surface area contributed by atoms with E-state index in [-0.39, 0.29) is 6.04 Å². The molecule has 1 unspecified atom stereocenters. The van der Waals surface area contributed by atoms with Crippen LogP contribution in [0.4, 0.5) is 0 Å². The Hall–Kier alpha value is -1.61. The van der Waals surface area contributed by atoms with Gasteiger partial charge in [-0.1, -0.05) is 13.0 Å². The van der Waals surface area contributed by atoms with Gasteiger partial charge in [-0.15, -0.1) is 0 Å². The van der Waals surface area contributed by atoms with Gasteiger partial charge in [-0.05, 0) is 36.6 Å². The lowest BCUT2D eigenvalue weighted by molar-refractivity contribution is 0.609. The number of nitrogens with zero attached hydrogens (tertiary/aromatic N) is 2.